The molecule has 0 saturated carbocycles. The fourth-order valence-electron chi connectivity index (χ4n) is 5.35. The number of carbonyl (C=O) groups excluding carboxylic acids is 2. The van der Waals surface area contributed by atoms with Gasteiger partial charge in [-0.2, -0.15) is 0 Å². The predicted molar refractivity (Wildman–Crippen MR) is 170 cm³/mol. The minimum Gasteiger partial charge on any atom is -0.485 e. The Balaban J connectivity index is 1.41. The van der Waals surface area contributed by atoms with E-state index in [9.17, 15) is 18.0 Å². The molecule has 0 spiro atoms. The van der Waals surface area contributed by atoms with Crippen molar-refractivity contribution >= 4 is 55.0 Å². The Kier molecular flexibility index (Phi) is 7.67. The van der Waals surface area contributed by atoms with E-state index in [4.69, 9.17) is 22.1 Å². The number of aromatic nitrogens is 2. The number of Topliss-reactive ketones (excluding diaryl/α,β-unsaturated/α-hetero) is 1. The molecule has 0 radical (unpaired) electrons. The number of primary amides is 1. The fraction of sp³-hybridized carbons (Fsp3) is 0.0882. The number of nitrogens with zero attached hydrogens (tertiary/aromatic N) is 2. The number of ketones is 1. The summed E-state index contributed by atoms with van der Waals surface area (Å²) in [5.41, 5.74) is 8.57. The van der Waals surface area contributed by atoms with Crippen molar-refractivity contribution in [2.45, 2.75) is 18.2 Å². The molecule has 0 saturated heterocycles. The smallest absolute Gasteiger partial charge is 0.268 e. The second-order valence-corrected chi connectivity index (χ2v) is 12.6. The van der Waals surface area contributed by atoms with Gasteiger partial charge in [0.2, 0.25) is 5.78 Å². The number of fused-ring (bicyclic) bond motifs is 2. The van der Waals surface area contributed by atoms with Crippen LogP contribution in [-0.4, -0.2) is 35.7 Å². The van der Waals surface area contributed by atoms with E-state index in [0.717, 1.165) is 26.0 Å². The van der Waals surface area contributed by atoms with Gasteiger partial charge in [-0.1, -0.05) is 54.1 Å². The Labute approximate surface area is 258 Å². The van der Waals surface area contributed by atoms with Crippen molar-refractivity contribution in [3.05, 3.63) is 136 Å². The van der Waals surface area contributed by atoms with E-state index in [1.807, 2.05) is 24.3 Å². The number of ether oxygens (including phenoxy) is 1. The molecule has 4 aromatic carbocycles. The molecule has 2 heterocycles. The third-order valence-corrected chi connectivity index (χ3v) is 9.40. The number of aryl methyl sites for hydroxylation is 1. The van der Waals surface area contributed by atoms with Crippen LogP contribution in [0, 0.1) is 6.92 Å². The summed E-state index contributed by atoms with van der Waals surface area (Å²) in [4.78, 5) is 30.6. The minimum absolute atomic E-state index is 0.0834. The van der Waals surface area contributed by atoms with Crippen molar-refractivity contribution in [2.75, 3.05) is 6.61 Å². The van der Waals surface area contributed by atoms with Crippen molar-refractivity contribution in [1.82, 2.24) is 8.96 Å². The minimum atomic E-state index is -4.05. The summed E-state index contributed by atoms with van der Waals surface area (Å²) in [7, 11) is -4.05. The van der Waals surface area contributed by atoms with Crippen LogP contribution in [-0.2, 0) is 16.4 Å². The highest BCUT2D eigenvalue weighted by atomic mass is 35.5. The first-order chi connectivity index (χ1) is 21.1. The second-order valence-electron chi connectivity index (χ2n) is 10.3. The highest BCUT2D eigenvalue weighted by Crippen LogP contribution is 2.33. The van der Waals surface area contributed by atoms with Crippen molar-refractivity contribution < 1.29 is 22.7 Å². The van der Waals surface area contributed by atoms with Gasteiger partial charge in [-0.25, -0.2) is 12.4 Å². The largest absolute Gasteiger partial charge is 0.485 e. The summed E-state index contributed by atoms with van der Waals surface area (Å²) in [5.74, 6) is -1.03. The maximum Gasteiger partial charge on any atom is 0.268 e. The molecule has 2 N–H and O–H groups in total. The van der Waals surface area contributed by atoms with Gasteiger partial charge in [0.15, 0.2) is 6.61 Å². The van der Waals surface area contributed by atoms with Crippen LogP contribution in [0.4, 0.5) is 0 Å². The number of benzene rings is 4. The van der Waals surface area contributed by atoms with Crippen molar-refractivity contribution in [3.8, 4) is 5.75 Å². The van der Waals surface area contributed by atoms with Gasteiger partial charge in [0, 0.05) is 40.5 Å². The lowest BCUT2D eigenvalue weighted by atomic mass is 9.98. The van der Waals surface area contributed by atoms with E-state index in [0.29, 0.717) is 27.9 Å². The molecule has 0 unspecified atom stereocenters. The van der Waals surface area contributed by atoms with Gasteiger partial charge < -0.3 is 10.5 Å². The van der Waals surface area contributed by atoms with Crippen molar-refractivity contribution in [1.29, 1.82) is 0 Å². The zero-order valence-electron chi connectivity index (χ0n) is 23.5. The highest BCUT2D eigenvalue weighted by molar-refractivity contribution is 7.90. The molecule has 0 atom stereocenters. The van der Waals surface area contributed by atoms with Crippen LogP contribution < -0.4 is 10.5 Å². The zero-order valence-corrected chi connectivity index (χ0v) is 25.1. The van der Waals surface area contributed by atoms with E-state index in [2.05, 4.69) is 4.98 Å². The number of carbonyl (C=O) groups is 2. The molecule has 8 nitrogen and oxygen atoms in total. The Morgan fingerprint density at radius 2 is 1.70 bits per heavy atom. The normalized spacial score (nSPS) is 11.6. The molecule has 0 bridgehead atoms. The maximum absolute atomic E-state index is 13.8. The molecule has 0 aliphatic carbocycles. The number of nitrogens with two attached hydrogens (primary N) is 1. The van der Waals surface area contributed by atoms with E-state index in [1.54, 1.807) is 67.7 Å². The molecule has 6 aromatic rings. The van der Waals surface area contributed by atoms with E-state index in [1.165, 1.54) is 18.3 Å². The average Bonchev–Trinajstić information content (AvgIpc) is 3.41. The Bertz CT molecular complexity index is 2180. The van der Waals surface area contributed by atoms with Crippen molar-refractivity contribution in [3.63, 3.8) is 0 Å². The van der Waals surface area contributed by atoms with E-state index < -0.39 is 28.3 Å². The van der Waals surface area contributed by atoms with Crippen LogP contribution in [0.15, 0.2) is 108 Å². The van der Waals surface area contributed by atoms with Gasteiger partial charge >= 0.3 is 0 Å². The standard InChI is InChI=1S/C34H26ClN3O5S/c1-21-28-18-24(35)12-11-23(28)17-32(33(21)34(36)40)43-20-31(39)29-19-38(44(41,42)26-8-3-2-4-9-26)30-16-22(10-13-27(29)30)15-25-7-5-6-14-37-25/h2-14,16-19H,15,20H2,1H3,(H2,36,40). The lowest BCUT2D eigenvalue weighted by molar-refractivity contribution is 0.0913. The van der Waals surface area contributed by atoms with Crippen LogP contribution in [0.25, 0.3) is 21.7 Å². The molecule has 6 rings (SSSR count). The van der Waals surface area contributed by atoms with Gasteiger partial charge in [-0.05, 0) is 77.4 Å². The molecule has 0 aliphatic heterocycles. The highest BCUT2D eigenvalue weighted by Gasteiger charge is 2.25. The maximum atomic E-state index is 13.8. The Morgan fingerprint density at radius 3 is 2.43 bits per heavy atom. The first kappa shape index (κ1) is 29.1. The third-order valence-electron chi connectivity index (χ3n) is 7.48. The first-order valence-electron chi connectivity index (χ1n) is 13.7. The van der Waals surface area contributed by atoms with Crippen LogP contribution in [0.5, 0.6) is 5.75 Å². The van der Waals surface area contributed by atoms with E-state index in [-0.39, 0.29) is 21.8 Å². The predicted octanol–water partition coefficient (Wildman–Crippen LogP) is 6.34. The summed E-state index contributed by atoms with van der Waals surface area (Å²) in [6.07, 6.45) is 3.50. The van der Waals surface area contributed by atoms with Crippen LogP contribution in [0.2, 0.25) is 5.02 Å². The van der Waals surface area contributed by atoms with Crippen LogP contribution in [0.1, 0.15) is 37.5 Å². The summed E-state index contributed by atoms with van der Waals surface area (Å²) in [6, 6.07) is 25.8. The van der Waals surface area contributed by atoms with Gasteiger partial charge in [-0.15, -0.1) is 0 Å². The molecule has 10 heteroatoms. The van der Waals surface area contributed by atoms with Crippen molar-refractivity contribution in [2.24, 2.45) is 5.73 Å². The Morgan fingerprint density at radius 1 is 0.932 bits per heavy atom. The number of hydrogen-bond donors (Lipinski definition) is 1. The molecule has 0 aliphatic rings. The number of amides is 1. The molecule has 1 amide bonds. The number of rotatable bonds is 9. The molecular weight excluding hydrogens is 598 g/mol. The number of halogens is 1. The summed E-state index contributed by atoms with van der Waals surface area (Å²) >= 11 is 6.16. The zero-order chi connectivity index (χ0) is 31.0. The summed E-state index contributed by atoms with van der Waals surface area (Å²) in [6.45, 7) is 1.27. The summed E-state index contributed by atoms with van der Waals surface area (Å²) in [5, 5.41) is 2.44. The quantitative estimate of drug-likeness (QED) is 0.188. The van der Waals surface area contributed by atoms with E-state index >= 15 is 0 Å². The van der Waals surface area contributed by atoms with Gasteiger partial charge in [0.05, 0.1) is 16.0 Å². The second kappa shape index (κ2) is 11.6. The number of hydrogen-bond acceptors (Lipinski definition) is 6. The van der Waals surface area contributed by atoms with Gasteiger partial charge in [0.1, 0.15) is 5.75 Å². The molecule has 2 aromatic heterocycles. The molecule has 44 heavy (non-hydrogen) atoms. The fourth-order valence-corrected chi connectivity index (χ4v) is 6.90. The molecule has 0 fully saturated rings. The third kappa shape index (κ3) is 5.43. The summed E-state index contributed by atoms with van der Waals surface area (Å²) < 4.78 is 34.6. The lowest BCUT2D eigenvalue weighted by Crippen LogP contribution is -2.18. The monoisotopic (exact) mass is 623 g/mol. The van der Waals surface area contributed by atoms with Crippen LogP contribution >= 0.6 is 11.6 Å². The average molecular weight is 624 g/mol. The lowest BCUT2D eigenvalue weighted by Gasteiger charge is -2.14. The van der Waals surface area contributed by atoms with Crippen LogP contribution in [0.3, 0.4) is 0 Å². The SMILES string of the molecule is Cc1c(C(N)=O)c(OCC(=O)c2cn(S(=O)(=O)c3ccccc3)c3cc(Cc4ccccn4)ccc23)cc2ccc(Cl)cc12. The molecular formula is C34H26ClN3O5S. The first-order valence-corrected chi connectivity index (χ1v) is 15.5. The van der Waals surface area contributed by atoms with Gasteiger partial charge in [-0.3, -0.25) is 14.6 Å². The number of pyridine rings is 1. The van der Waals surface area contributed by atoms with Gasteiger partial charge in [0.25, 0.3) is 15.9 Å². The Hall–Kier alpha value is -4.99. The molecule has 220 valence electrons. The topological polar surface area (TPSA) is 121 Å².